The fourth-order valence-corrected chi connectivity index (χ4v) is 5.45. The fraction of sp³-hybridized carbons (Fsp3) is 0.464. The monoisotopic (exact) mass is 565 g/mol. The highest BCUT2D eigenvalue weighted by atomic mass is 19.4. The lowest BCUT2D eigenvalue weighted by Gasteiger charge is -2.40. The van der Waals surface area contributed by atoms with Gasteiger partial charge in [0.25, 0.3) is 5.91 Å². The number of primary amides is 1. The quantitative estimate of drug-likeness (QED) is 0.366. The Hall–Kier alpha value is -3.48. The molecule has 2 heterocycles. The van der Waals surface area contributed by atoms with Gasteiger partial charge in [-0.3, -0.25) is 14.5 Å². The smallest absolute Gasteiger partial charge is 0.475 e. The molecule has 0 spiro atoms. The Morgan fingerprint density at radius 2 is 1.62 bits per heavy atom. The number of carboxylic acids is 1. The highest BCUT2D eigenvalue weighted by Crippen LogP contribution is 2.43. The topological polar surface area (TPSA) is 144 Å². The van der Waals surface area contributed by atoms with Gasteiger partial charge in [-0.15, -0.1) is 0 Å². The van der Waals surface area contributed by atoms with Gasteiger partial charge in [0.15, 0.2) is 6.10 Å². The molecule has 0 saturated carbocycles. The van der Waals surface area contributed by atoms with Gasteiger partial charge in [0.1, 0.15) is 0 Å². The SMILES string of the molecule is NC(=O)c1cccc(C2CC3CCC(C2)N3CCN(Cc2ccccc2)C(=O)[C@H](O)CO)c1.O=C(O)C(F)(F)F. The molecule has 40 heavy (non-hydrogen) atoms. The number of benzene rings is 2. The maximum Gasteiger partial charge on any atom is 0.490 e. The van der Waals surface area contributed by atoms with E-state index in [9.17, 15) is 33.0 Å². The molecule has 0 aliphatic carbocycles. The van der Waals surface area contributed by atoms with Crippen molar-refractivity contribution in [3.8, 4) is 0 Å². The van der Waals surface area contributed by atoms with Crippen LogP contribution in [0.3, 0.4) is 0 Å². The molecule has 2 aromatic carbocycles. The predicted molar refractivity (Wildman–Crippen MR) is 139 cm³/mol. The normalized spacial score (nSPS) is 21.2. The lowest BCUT2D eigenvalue weighted by molar-refractivity contribution is -0.192. The molecule has 0 aromatic heterocycles. The minimum Gasteiger partial charge on any atom is -0.475 e. The molecule has 2 fully saturated rings. The van der Waals surface area contributed by atoms with Crippen molar-refractivity contribution in [1.29, 1.82) is 0 Å². The van der Waals surface area contributed by atoms with Crippen LogP contribution in [-0.4, -0.2) is 87.0 Å². The molecule has 2 aliphatic heterocycles. The first kappa shape index (κ1) is 31.1. The second-order valence-corrected chi connectivity index (χ2v) is 10.0. The van der Waals surface area contributed by atoms with Crippen molar-refractivity contribution in [2.24, 2.45) is 5.73 Å². The number of piperidine rings is 1. The predicted octanol–water partition coefficient (Wildman–Crippen LogP) is 2.51. The van der Waals surface area contributed by atoms with E-state index in [1.54, 1.807) is 11.0 Å². The maximum atomic E-state index is 12.7. The van der Waals surface area contributed by atoms with Gasteiger partial charge in [0.2, 0.25) is 5.91 Å². The zero-order chi connectivity index (χ0) is 29.4. The number of alkyl halides is 3. The zero-order valence-electron chi connectivity index (χ0n) is 21.8. The van der Waals surface area contributed by atoms with E-state index >= 15 is 0 Å². The number of carboxylic acid groups (broad SMARTS) is 1. The lowest BCUT2D eigenvalue weighted by Crippen LogP contribution is -2.48. The van der Waals surface area contributed by atoms with Crippen LogP contribution in [0.4, 0.5) is 13.2 Å². The van der Waals surface area contributed by atoms with Gasteiger partial charge in [-0.05, 0) is 54.9 Å². The van der Waals surface area contributed by atoms with Crippen LogP contribution in [0.5, 0.6) is 0 Å². The van der Waals surface area contributed by atoms with E-state index in [0.717, 1.165) is 37.8 Å². The molecular formula is C28H34F3N3O6. The van der Waals surface area contributed by atoms with Crippen LogP contribution in [-0.2, 0) is 16.1 Å². The van der Waals surface area contributed by atoms with E-state index in [1.807, 2.05) is 42.5 Å². The number of halogens is 3. The van der Waals surface area contributed by atoms with Crippen molar-refractivity contribution in [3.63, 3.8) is 0 Å². The zero-order valence-corrected chi connectivity index (χ0v) is 21.8. The second kappa shape index (κ2) is 13.7. The van der Waals surface area contributed by atoms with Crippen molar-refractivity contribution in [1.82, 2.24) is 9.80 Å². The Labute approximate surface area is 230 Å². The molecule has 218 valence electrons. The maximum absolute atomic E-state index is 12.7. The third-order valence-electron chi connectivity index (χ3n) is 7.38. The number of aliphatic hydroxyl groups is 2. The Bertz CT molecular complexity index is 1150. The molecule has 2 aromatic rings. The van der Waals surface area contributed by atoms with Gasteiger partial charge >= 0.3 is 12.1 Å². The van der Waals surface area contributed by atoms with E-state index < -0.39 is 36.7 Å². The van der Waals surface area contributed by atoms with Gasteiger partial charge in [0.05, 0.1) is 6.61 Å². The molecule has 2 saturated heterocycles. The van der Waals surface area contributed by atoms with E-state index in [4.69, 9.17) is 15.6 Å². The van der Waals surface area contributed by atoms with Crippen LogP contribution in [0.2, 0.25) is 0 Å². The first-order valence-electron chi connectivity index (χ1n) is 13.0. The van der Waals surface area contributed by atoms with Gasteiger partial charge in [-0.2, -0.15) is 13.2 Å². The Balaban J connectivity index is 0.000000559. The largest absolute Gasteiger partial charge is 0.490 e. The Morgan fingerprint density at radius 3 is 2.15 bits per heavy atom. The number of nitrogens with two attached hydrogens (primary N) is 1. The second-order valence-electron chi connectivity index (χ2n) is 10.0. The van der Waals surface area contributed by atoms with Gasteiger partial charge in [-0.1, -0.05) is 42.5 Å². The molecule has 4 rings (SSSR count). The van der Waals surface area contributed by atoms with Gasteiger partial charge in [0, 0.05) is 37.3 Å². The van der Waals surface area contributed by atoms with E-state index in [-0.39, 0.29) is 0 Å². The molecule has 2 unspecified atom stereocenters. The summed E-state index contributed by atoms with van der Waals surface area (Å²) in [6.07, 6.45) is -2.19. The summed E-state index contributed by atoms with van der Waals surface area (Å²) < 4.78 is 31.7. The summed E-state index contributed by atoms with van der Waals surface area (Å²) in [4.78, 5) is 37.3. The van der Waals surface area contributed by atoms with Crippen molar-refractivity contribution in [3.05, 3.63) is 71.3 Å². The van der Waals surface area contributed by atoms with Crippen molar-refractivity contribution in [2.75, 3.05) is 19.7 Å². The van der Waals surface area contributed by atoms with Gasteiger partial charge in [-0.25, -0.2) is 4.79 Å². The molecule has 2 bridgehead atoms. The number of aliphatic carboxylic acids is 1. The number of fused-ring (bicyclic) bond motifs is 2. The Morgan fingerprint density at radius 1 is 1.02 bits per heavy atom. The highest BCUT2D eigenvalue weighted by molar-refractivity contribution is 5.92. The standard InChI is InChI=1S/C26H33N3O4.C2HF3O2/c27-25(32)20-8-4-7-19(13-20)21-14-22-9-10-23(15-21)29(22)12-11-28(26(33)24(31)17-30)16-18-5-2-1-3-6-18;3-2(4,5)1(6)7/h1-8,13,21-24,30-31H,9-12,14-17H2,(H2,27,32);(H,6,7)/t21?,22?,23?,24-;/m1./s1. The molecular weight excluding hydrogens is 531 g/mol. The summed E-state index contributed by atoms with van der Waals surface area (Å²) in [5.74, 6) is -3.19. The number of aliphatic hydroxyl groups excluding tert-OH is 2. The molecule has 2 aliphatic rings. The number of carbonyl (C=O) groups is 3. The first-order chi connectivity index (χ1) is 18.9. The minimum absolute atomic E-state index is 0.398. The summed E-state index contributed by atoms with van der Waals surface area (Å²) in [7, 11) is 0. The van der Waals surface area contributed by atoms with E-state index in [0.29, 0.717) is 36.7 Å². The van der Waals surface area contributed by atoms with E-state index in [1.165, 1.54) is 5.56 Å². The summed E-state index contributed by atoms with van der Waals surface area (Å²) in [5.41, 5.74) is 8.19. The fourth-order valence-electron chi connectivity index (χ4n) is 5.45. The van der Waals surface area contributed by atoms with Crippen LogP contribution in [0, 0.1) is 0 Å². The average Bonchev–Trinajstić information content (AvgIpc) is 3.16. The molecule has 5 N–H and O–H groups in total. The summed E-state index contributed by atoms with van der Waals surface area (Å²) >= 11 is 0. The molecule has 12 heteroatoms. The molecule has 2 amide bonds. The van der Waals surface area contributed by atoms with E-state index in [2.05, 4.69) is 11.0 Å². The Kier molecular flexibility index (Phi) is 10.7. The summed E-state index contributed by atoms with van der Waals surface area (Å²) in [5, 5.41) is 26.4. The number of hydrogen-bond donors (Lipinski definition) is 4. The number of carbonyl (C=O) groups excluding carboxylic acids is 2. The number of nitrogens with zero attached hydrogens (tertiary/aromatic N) is 2. The summed E-state index contributed by atoms with van der Waals surface area (Å²) in [6, 6.07) is 18.3. The van der Waals surface area contributed by atoms with Crippen molar-refractivity contribution < 1.29 is 42.9 Å². The highest BCUT2D eigenvalue weighted by Gasteiger charge is 2.41. The average molecular weight is 566 g/mol. The van der Waals surface area contributed by atoms with Crippen LogP contribution in [0.15, 0.2) is 54.6 Å². The van der Waals surface area contributed by atoms with Crippen molar-refractivity contribution >= 4 is 17.8 Å². The number of amides is 2. The van der Waals surface area contributed by atoms with Crippen LogP contribution in [0.1, 0.15) is 53.1 Å². The molecule has 0 radical (unpaired) electrons. The van der Waals surface area contributed by atoms with Crippen molar-refractivity contribution in [2.45, 2.75) is 62.5 Å². The molecule has 3 atom stereocenters. The van der Waals surface area contributed by atoms with Crippen LogP contribution >= 0.6 is 0 Å². The summed E-state index contributed by atoms with van der Waals surface area (Å²) in [6.45, 7) is 1.06. The van der Waals surface area contributed by atoms with Crippen LogP contribution < -0.4 is 5.73 Å². The number of rotatable bonds is 9. The third-order valence-corrected chi connectivity index (χ3v) is 7.38. The number of hydrogen-bond acceptors (Lipinski definition) is 6. The third kappa shape index (κ3) is 8.26. The molecule has 9 nitrogen and oxygen atoms in total. The first-order valence-corrected chi connectivity index (χ1v) is 13.0. The van der Waals surface area contributed by atoms with Gasteiger partial charge < -0.3 is 26.0 Å². The van der Waals surface area contributed by atoms with Crippen LogP contribution in [0.25, 0.3) is 0 Å². The lowest BCUT2D eigenvalue weighted by atomic mass is 9.84. The minimum atomic E-state index is -5.08.